The van der Waals surface area contributed by atoms with Crippen molar-refractivity contribution in [3.8, 4) is 0 Å². The van der Waals surface area contributed by atoms with Crippen LogP contribution >= 0.6 is 0 Å². The summed E-state index contributed by atoms with van der Waals surface area (Å²) in [6, 6.07) is -0.136. The van der Waals surface area contributed by atoms with E-state index in [0.717, 1.165) is 36.1 Å². The van der Waals surface area contributed by atoms with Crippen LogP contribution in [0.3, 0.4) is 0 Å². The molecule has 0 radical (unpaired) electrons. The van der Waals surface area contributed by atoms with Gasteiger partial charge in [-0.15, -0.1) is 0 Å². The SMILES string of the molecule is Cc1nc(N2CCCCCCC2)ncc1C(C)NC(=O)Cn1ccnc1C. The zero-order chi connectivity index (χ0) is 19.2. The van der Waals surface area contributed by atoms with Crippen LogP contribution in [0.15, 0.2) is 18.6 Å². The summed E-state index contributed by atoms with van der Waals surface area (Å²) in [5, 5.41) is 3.04. The van der Waals surface area contributed by atoms with Gasteiger partial charge >= 0.3 is 0 Å². The van der Waals surface area contributed by atoms with Gasteiger partial charge in [0.25, 0.3) is 0 Å². The van der Waals surface area contributed by atoms with Crippen LogP contribution in [0.1, 0.15) is 62.2 Å². The maximum absolute atomic E-state index is 12.3. The number of hydrogen-bond acceptors (Lipinski definition) is 5. The molecule has 3 rings (SSSR count). The molecular formula is C20H30N6O. The normalized spacial score (nSPS) is 16.5. The number of anilines is 1. The molecule has 1 aliphatic rings. The Morgan fingerprint density at radius 3 is 2.48 bits per heavy atom. The first-order valence-electron chi connectivity index (χ1n) is 9.90. The van der Waals surface area contributed by atoms with Crippen LogP contribution in [0.5, 0.6) is 0 Å². The highest BCUT2D eigenvalue weighted by Gasteiger charge is 2.17. The van der Waals surface area contributed by atoms with Gasteiger partial charge in [-0.2, -0.15) is 0 Å². The zero-order valence-electron chi connectivity index (χ0n) is 16.6. The van der Waals surface area contributed by atoms with Gasteiger partial charge in [-0.05, 0) is 33.6 Å². The summed E-state index contributed by atoms with van der Waals surface area (Å²) < 4.78 is 1.83. The molecule has 0 aliphatic carbocycles. The van der Waals surface area contributed by atoms with Gasteiger partial charge < -0.3 is 14.8 Å². The van der Waals surface area contributed by atoms with E-state index in [1.807, 2.05) is 37.7 Å². The second kappa shape index (κ2) is 8.97. The van der Waals surface area contributed by atoms with Gasteiger partial charge in [-0.3, -0.25) is 4.79 Å². The predicted molar refractivity (Wildman–Crippen MR) is 106 cm³/mol. The van der Waals surface area contributed by atoms with Crippen LogP contribution in [0.2, 0.25) is 0 Å². The quantitative estimate of drug-likeness (QED) is 0.876. The third-order valence-electron chi connectivity index (χ3n) is 5.23. The summed E-state index contributed by atoms with van der Waals surface area (Å²) in [7, 11) is 0. The lowest BCUT2D eigenvalue weighted by Crippen LogP contribution is -2.32. The molecule has 1 N–H and O–H groups in total. The number of nitrogens with one attached hydrogen (secondary N) is 1. The molecule has 146 valence electrons. The van der Waals surface area contributed by atoms with Gasteiger partial charge in [0.15, 0.2) is 0 Å². The number of rotatable bonds is 5. The van der Waals surface area contributed by atoms with Gasteiger partial charge in [0.1, 0.15) is 12.4 Å². The number of aromatic nitrogens is 4. The number of nitrogens with zero attached hydrogens (tertiary/aromatic N) is 5. The maximum atomic E-state index is 12.3. The molecule has 0 spiro atoms. The fourth-order valence-corrected chi connectivity index (χ4v) is 3.58. The Morgan fingerprint density at radius 2 is 1.85 bits per heavy atom. The van der Waals surface area contributed by atoms with E-state index in [1.165, 1.54) is 32.1 Å². The standard InChI is InChI=1S/C20H30N6O/c1-15(23-19(27)14-26-12-9-21-17(26)3)18-13-22-20(24-16(18)2)25-10-7-5-4-6-8-11-25/h9,12-13,15H,4-8,10-11,14H2,1-3H3,(H,23,27). The summed E-state index contributed by atoms with van der Waals surface area (Å²) in [6.07, 6.45) is 11.7. The van der Waals surface area contributed by atoms with E-state index in [0.29, 0.717) is 0 Å². The maximum Gasteiger partial charge on any atom is 0.240 e. The van der Waals surface area contributed by atoms with Crippen LogP contribution in [0.25, 0.3) is 0 Å². The van der Waals surface area contributed by atoms with E-state index in [1.54, 1.807) is 6.20 Å². The third-order valence-corrected chi connectivity index (χ3v) is 5.23. The molecule has 27 heavy (non-hydrogen) atoms. The monoisotopic (exact) mass is 370 g/mol. The number of aryl methyl sites for hydroxylation is 2. The highest BCUT2D eigenvalue weighted by molar-refractivity contribution is 5.76. The Labute approximate surface area is 161 Å². The van der Waals surface area contributed by atoms with Crippen molar-refractivity contribution in [2.24, 2.45) is 0 Å². The predicted octanol–water partition coefficient (Wildman–Crippen LogP) is 2.94. The molecule has 3 heterocycles. The number of carbonyl (C=O) groups is 1. The Bertz CT molecular complexity index is 764. The number of amides is 1. The highest BCUT2D eigenvalue weighted by Crippen LogP contribution is 2.20. The summed E-state index contributed by atoms with van der Waals surface area (Å²) in [4.78, 5) is 28.1. The largest absolute Gasteiger partial charge is 0.348 e. The van der Waals surface area contributed by atoms with Crippen molar-refractivity contribution in [3.63, 3.8) is 0 Å². The van der Waals surface area contributed by atoms with Crippen molar-refractivity contribution in [1.29, 1.82) is 0 Å². The van der Waals surface area contributed by atoms with Crippen molar-refractivity contribution < 1.29 is 4.79 Å². The lowest BCUT2D eigenvalue weighted by atomic mass is 10.1. The zero-order valence-corrected chi connectivity index (χ0v) is 16.6. The Hall–Kier alpha value is -2.44. The molecule has 1 aliphatic heterocycles. The summed E-state index contributed by atoms with van der Waals surface area (Å²) in [6.45, 7) is 8.16. The minimum absolute atomic E-state index is 0.0455. The molecule has 0 saturated carbocycles. The number of carbonyl (C=O) groups excluding carboxylic acids is 1. The Balaban J connectivity index is 1.63. The van der Waals surface area contributed by atoms with Gasteiger partial charge in [0.2, 0.25) is 11.9 Å². The van der Waals surface area contributed by atoms with Crippen LogP contribution in [-0.2, 0) is 11.3 Å². The van der Waals surface area contributed by atoms with Crippen molar-refractivity contribution >= 4 is 11.9 Å². The first-order chi connectivity index (χ1) is 13.0. The molecule has 1 saturated heterocycles. The summed E-state index contributed by atoms with van der Waals surface area (Å²) in [5.41, 5.74) is 1.88. The minimum Gasteiger partial charge on any atom is -0.348 e. The molecule has 0 bridgehead atoms. The van der Waals surface area contributed by atoms with E-state index >= 15 is 0 Å². The average Bonchev–Trinajstić information content (AvgIpc) is 2.99. The van der Waals surface area contributed by atoms with E-state index in [4.69, 9.17) is 4.98 Å². The molecule has 2 aromatic heterocycles. The first kappa shape index (κ1) is 19.3. The van der Waals surface area contributed by atoms with Gasteiger partial charge in [-0.25, -0.2) is 15.0 Å². The van der Waals surface area contributed by atoms with Crippen LogP contribution in [0, 0.1) is 13.8 Å². The van der Waals surface area contributed by atoms with Gasteiger partial charge in [0, 0.05) is 42.9 Å². The fourth-order valence-electron chi connectivity index (χ4n) is 3.58. The lowest BCUT2D eigenvalue weighted by Gasteiger charge is -2.25. The summed E-state index contributed by atoms with van der Waals surface area (Å²) >= 11 is 0. The van der Waals surface area contributed by atoms with E-state index in [2.05, 4.69) is 20.2 Å². The van der Waals surface area contributed by atoms with Crippen LogP contribution < -0.4 is 10.2 Å². The number of hydrogen-bond donors (Lipinski definition) is 1. The minimum atomic E-state index is -0.136. The third kappa shape index (κ3) is 5.05. The molecule has 1 amide bonds. The van der Waals surface area contributed by atoms with Crippen LogP contribution in [0.4, 0.5) is 5.95 Å². The van der Waals surface area contributed by atoms with E-state index in [9.17, 15) is 4.79 Å². The van der Waals surface area contributed by atoms with Crippen molar-refractivity contribution in [2.75, 3.05) is 18.0 Å². The lowest BCUT2D eigenvalue weighted by molar-refractivity contribution is -0.122. The first-order valence-corrected chi connectivity index (χ1v) is 9.90. The smallest absolute Gasteiger partial charge is 0.240 e. The molecule has 1 unspecified atom stereocenters. The highest BCUT2D eigenvalue weighted by atomic mass is 16.2. The van der Waals surface area contributed by atoms with Gasteiger partial charge in [-0.1, -0.05) is 19.3 Å². The Morgan fingerprint density at radius 1 is 1.15 bits per heavy atom. The molecule has 2 aromatic rings. The molecule has 1 atom stereocenters. The Kier molecular flexibility index (Phi) is 6.42. The molecular weight excluding hydrogens is 340 g/mol. The van der Waals surface area contributed by atoms with E-state index < -0.39 is 0 Å². The molecule has 1 fully saturated rings. The van der Waals surface area contributed by atoms with E-state index in [-0.39, 0.29) is 18.5 Å². The fraction of sp³-hybridized carbons (Fsp3) is 0.600. The molecule has 7 heteroatoms. The van der Waals surface area contributed by atoms with Crippen LogP contribution in [-0.4, -0.2) is 38.5 Å². The number of imidazole rings is 1. The van der Waals surface area contributed by atoms with Crippen molar-refractivity contribution in [3.05, 3.63) is 35.7 Å². The average molecular weight is 371 g/mol. The summed E-state index contributed by atoms with van der Waals surface area (Å²) in [5.74, 6) is 1.59. The molecule has 7 nitrogen and oxygen atoms in total. The topological polar surface area (TPSA) is 75.9 Å². The van der Waals surface area contributed by atoms with Gasteiger partial charge in [0.05, 0.1) is 6.04 Å². The van der Waals surface area contributed by atoms with Crippen molar-refractivity contribution in [1.82, 2.24) is 24.8 Å². The second-order valence-electron chi connectivity index (χ2n) is 7.36. The van der Waals surface area contributed by atoms with Crippen molar-refractivity contribution in [2.45, 2.75) is 65.5 Å². The second-order valence-corrected chi connectivity index (χ2v) is 7.36. The molecule has 0 aromatic carbocycles.